The Balaban J connectivity index is 1.78. The summed E-state index contributed by atoms with van der Waals surface area (Å²) in [5, 5.41) is 3.32. The Hall–Kier alpha value is -1.72. The molecule has 0 saturated heterocycles. The lowest BCUT2D eigenvalue weighted by atomic mass is 10.3. The number of unbranched alkanes of at least 4 members (excludes halogenated alkanes) is 1. The SMILES string of the molecule is CC(C)OCCCCNCc1cc(=O)n2ccccc2n1. The first kappa shape index (κ1) is 15.7. The normalized spacial score (nSPS) is 11.4. The third-order valence-electron chi connectivity index (χ3n) is 3.13. The number of ether oxygens (including phenoxy) is 1. The molecule has 5 nitrogen and oxygen atoms in total. The van der Waals surface area contributed by atoms with Gasteiger partial charge >= 0.3 is 0 Å². The molecule has 114 valence electrons. The summed E-state index contributed by atoms with van der Waals surface area (Å²) in [5.74, 6) is 0. The number of nitrogens with one attached hydrogen (secondary N) is 1. The molecule has 0 saturated carbocycles. The van der Waals surface area contributed by atoms with Crippen molar-refractivity contribution in [2.24, 2.45) is 0 Å². The van der Waals surface area contributed by atoms with Crippen molar-refractivity contribution in [1.82, 2.24) is 14.7 Å². The Bertz CT molecular complexity index is 622. The van der Waals surface area contributed by atoms with E-state index in [9.17, 15) is 4.79 Å². The van der Waals surface area contributed by atoms with E-state index in [4.69, 9.17) is 4.74 Å². The predicted octanol–water partition coefficient (Wildman–Crippen LogP) is 1.99. The van der Waals surface area contributed by atoms with Gasteiger partial charge in [0.1, 0.15) is 5.65 Å². The molecule has 0 aliphatic carbocycles. The Morgan fingerprint density at radius 3 is 3.00 bits per heavy atom. The highest BCUT2D eigenvalue weighted by atomic mass is 16.5. The van der Waals surface area contributed by atoms with Gasteiger partial charge in [-0.1, -0.05) is 6.07 Å². The molecule has 1 N–H and O–H groups in total. The van der Waals surface area contributed by atoms with Gasteiger partial charge in [-0.25, -0.2) is 4.98 Å². The lowest BCUT2D eigenvalue weighted by molar-refractivity contribution is 0.0760. The van der Waals surface area contributed by atoms with Gasteiger partial charge in [0.25, 0.3) is 5.56 Å². The van der Waals surface area contributed by atoms with Crippen LogP contribution in [0.5, 0.6) is 0 Å². The maximum atomic E-state index is 11.9. The highest BCUT2D eigenvalue weighted by Gasteiger charge is 2.01. The van der Waals surface area contributed by atoms with Crippen LogP contribution in [0.15, 0.2) is 35.3 Å². The van der Waals surface area contributed by atoms with Crippen LogP contribution in [0.4, 0.5) is 0 Å². The van der Waals surface area contributed by atoms with Gasteiger partial charge in [-0.15, -0.1) is 0 Å². The van der Waals surface area contributed by atoms with Crippen molar-refractivity contribution in [1.29, 1.82) is 0 Å². The number of hydrogen-bond donors (Lipinski definition) is 1. The van der Waals surface area contributed by atoms with E-state index in [1.807, 2.05) is 32.0 Å². The average Bonchev–Trinajstić information content (AvgIpc) is 2.46. The minimum absolute atomic E-state index is 0.0391. The van der Waals surface area contributed by atoms with E-state index in [0.717, 1.165) is 31.7 Å². The van der Waals surface area contributed by atoms with E-state index >= 15 is 0 Å². The van der Waals surface area contributed by atoms with Gasteiger partial charge < -0.3 is 10.1 Å². The molecular formula is C16H23N3O2. The molecule has 0 amide bonds. The number of hydrogen-bond acceptors (Lipinski definition) is 4. The van der Waals surface area contributed by atoms with Gasteiger partial charge in [-0.05, 0) is 45.4 Å². The van der Waals surface area contributed by atoms with Gasteiger partial charge in [0.05, 0.1) is 11.8 Å². The fraction of sp³-hybridized carbons (Fsp3) is 0.500. The molecule has 0 aliphatic heterocycles. The summed E-state index contributed by atoms with van der Waals surface area (Å²) in [6.45, 7) is 6.40. The molecule has 0 atom stereocenters. The summed E-state index contributed by atoms with van der Waals surface area (Å²) in [7, 11) is 0. The van der Waals surface area contributed by atoms with Crippen molar-refractivity contribution in [2.45, 2.75) is 39.3 Å². The molecular weight excluding hydrogens is 266 g/mol. The van der Waals surface area contributed by atoms with Crippen LogP contribution in [-0.2, 0) is 11.3 Å². The van der Waals surface area contributed by atoms with Crippen molar-refractivity contribution < 1.29 is 4.74 Å². The summed E-state index contributed by atoms with van der Waals surface area (Å²) < 4.78 is 7.03. The first-order valence-electron chi connectivity index (χ1n) is 7.46. The zero-order chi connectivity index (χ0) is 15.1. The molecule has 0 radical (unpaired) electrons. The van der Waals surface area contributed by atoms with Crippen LogP contribution in [-0.4, -0.2) is 28.6 Å². The zero-order valence-electron chi connectivity index (χ0n) is 12.7. The third kappa shape index (κ3) is 4.95. The Morgan fingerprint density at radius 1 is 1.33 bits per heavy atom. The van der Waals surface area contributed by atoms with Crippen LogP contribution < -0.4 is 10.9 Å². The van der Waals surface area contributed by atoms with Gasteiger partial charge in [0.15, 0.2) is 0 Å². The van der Waals surface area contributed by atoms with Crippen molar-refractivity contribution in [2.75, 3.05) is 13.2 Å². The van der Waals surface area contributed by atoms with Crippen molar-refractivity contribution in [3.63, 3.8) is 0 Å². The fourth-order valence-corrected chi connectivity index (χ4v) is 2.08. The fourth-order valence-electron chi connectivity index (χ4n) is 2.08. The second kappa shape index (κ2) is 7.90. The third-order valence-corrected chi connectivity index (χ3v) is 3.13. The second-order valence-electron chi connectivity index (χ2n) is 5.32. The number of rotatable bonds is 8. The molecule has 2 rings (SSSR count). The first-order chi connectivity index (χ1) is 10.2. The van der Waals surface area contributed by atoms with E-state index in [-0.39, 0.29) is 5.56 Å². The van der Waals surface area contributed by atoms with Gasteiger partial charge in [-0.3, -0.25) is 9.20 Å². The van der Waals surface area contributed by atoms with E-state index in [0.29, 0.717) is 18.3 Å². The van der Waals surface area contributed by atoms with Gasteiger partial charge in [0, 0.05) is 25.4 Å². The van der Waals surface area contributed by atoms with E-state index < -0.39 is 0 Å². The zero-order valence-corrected chi connectivity index (χ0v) is 12.7. The van der Waals surface area contributed by atoms with Gasteiger partial charge in [-0.2, -0.15) is 0 Å². The maximum absolute atomic E-state index is 11.9. The molecule has 2 aromatic heterocycles. The molecule has 5 heteroatoms. The number of pyridine rings is 1. The number of aromatic nitrogens is 2. The molecule has 0 unspecified atom stereocenters. The van der Waals surface area contributed by atoms with Crippen LogP contribution in [0.2, 0.25) is 0 Å². The predicted molar refractivity (Wildman–Crippen MR) is 83.5 cm³/mol. The molecule has 2 aromatic rings. The Labute approximate surface area is 125 Å². The van der Waals surface area contributed by atoms with Crippen LogP contribution in [0.1, 0.15) is 32.4 Å². The molecule has 0 spiro atoms. The lowest BCUT2D eigenvalue weighted by Gasteiger charge is -2.08. The smallest absolute Gasteiger partial charge is 0.258 e. The van der Waals surface area contributed by atoms with Crippen LogP contribution >= 0.6 is 0 Å². The molecule has 0 fully saturated rings. The van der Waals surface area contributed by atoms with Crippen molar-refractivity contribution >= 4 is 5.65 Å². The first-order valence-corrected chi connectivity index (χ1v) is 7.46. The minimum atomic E-state index is -0.0391. The summed E-state index contributed by atoms with van der Waals surface area (Å²) in [6.07, 6.45) is 4.13. The quantitative estimate of drug-likeness (QED) is 0.755. The standard InChI is InChI=1S/C16H23N3O2/c1-13(2)21-10-6-4-8-17-12-14-11-16(20)19-9-5-3-7-15(19)18-14/h3,5,7,9,11,13,17H,4,6,8,10,12H2,1-2H3. The highest BCUT2D eigenvalue weighted by molar-refractivity contribution is 5.37. The average molecular weight is 289 g/mol. The summed E-state index contributed by atoms with van der Waals surface area (Å²) >= 11 is 0. The summed E-state index contributed by atoms with van der Waals surface area (Å²) in [6, 6.07) is 7.14. The number of nitrogens with zero attached hydrogens (tertiary/aromatic N) is 2. The van der Waals surface area contributed by atoms with Crippen molar-refractivity contribution in [3.05, 3.63) is 46.5 Å². The lowest BCUT2D eigenvalue weighted by Crippen LogP contribution is -2.20. The highest BCUT2D eigenvalue weighted by Crippen LogP contribution is 1.99. The monoisotopic (exact) mass is 289 g/mol. The molecule has 2 heterocycles. The topological polar surface area (TPSA) is 55.6 Å². The number of fused-ring (bicyclic) bond motifs is 1. The van der Waals surface area contributed by atoms with Gasteiger partial charge in [0.2, 0.25) is 0 Å². The van der Waals surface area contributed by atoms with Crippen LogP contribution in [0, 0.1) is 0 Å². The summed E-state index contributed by atoms with van der Waals surface area (Å²) in [4.78, 5) is 16.4. The Kier molecular flexibility index (Phi) is 5.90. The molecule has 21 heavy (non-hydrogen) atoms. The van der Waals surface area contributed by atoms with E-state index in [1.165, 1.54) is 0 Å². The molecule has 0 aliphatic rings. The van der Waals surface area contributed by atoms with Crippen LogP contribution in [0.25, 0.3) is 5.65 Å². The van der Waals surface area contributed by atoms with Crippen molar-refractivity contribution in [3.8, 4) is 0 Å². The van der Waals surface area contributed by atoms with Crippen LogP contribution in [0.3, 0.4) is 0 Å². The largest absolute Gasteiger partial charge is 0.379 e. The minimum Gasteiger partial charge on any atom is -0.379 e. The van der Waals surface area contributed by atoms with E-state index in [1.54, 1.807) is 16.7 Å². The maximum Gasteiger partial charge on any atom is 0.258 e. The second-order valence-corrected chi connectivity index (χ2v) is 5.32. The summed E-state index contributed by atoms with van der Waals surface area (Å²) in [5.41, 5.74) is 1.43. The van der Waals surface area contributed by atoms with E-state index in [2.05, 4.69) is 10.3 Å². The molecule has 0 bridgehead atoms. The Morgan fingerprint density at radius 2 is 2.19 bits per heavy atom. The molecule has 0 aromatic carbocycles.